The van der Waals surface area contributed by atoms with Gasteiger partial charge in [0.25, 0.3) is 0 Å². The summed E-state index contributed by atoms with van der Waals surface area (Å²) < 4.78 is 0. The molecule has 0 fully saturated rings. The van der Waals surface area contributed by atoms with Crippen molar-refractivity contribution in [3.05, 3.63) is 12.2 Å². The second kappa shape index (κ2) is 9.20. The zero-order valence-electron chi connectivity index (χ0n) is 4.27. The van der Waals surface area contributed by atoms with Gasteiger partial charge in [0, 0.05) is 0 Å². The molecular weight excluding hydrogens is 87.0 g/mol. The minimum Gasteiger partial charge on any atom is -0.851 e. The minimum absolute atomic E-state index is 0. The van der Waals surface area contributed by atoms with Gasteiger partial charge in [-0.1, -0.05) is 6.08 Å². The first-order chi connectivity index (χ1) is 2.41. The van der Waals surface area contributed by atoms with Crippen LogP contribution in [0, 0.1) is 0 Å². The summed E-state index contributed by atoms with van der Waals surface area (Å²) in [5.74, 6) is 0. The first kappa shape index (κ1) is 9.85. The van der Waals surface area contributed by atoms with E-state index in [1.54, 1.807) is 12.2 Å². The fraction of sp³-hybridized carbons (Fsp3) is 0.500. The van der Waals surface area contributed by atoms with Crippen LogP contribution in [0.3, 0.4) is 0 Å². The van der Waals surface area contributed by atoms with Crippen LogP contribution in [0.5, 0.6) is 0 Å². The van der Waals surface area contributed by atoms with E-state index < -0.39 is 0 Å². The van der Waals surface area contributed by atoms with Crippen molar-refractivity contribution in [1.82, 2.24) is 0 Å². The predicted molar refractivity (Wildman–Crippen MR) is 19.7 cm³/mol. The molecule has 0 spiro atoms. The van der Waals surface area contributed by atoms with Gasteiger partial charge >= 0.3 is 29.6 Å². The zero-order valence-corrected chi connectivity index (χ0v) is 6.27. The summed E-state index contributed by atoms with van der Waals surface area (Å²) in [4.78, 5) is 0. The van der Waals surface area contributed by atoms with Gasteiger partial charge in [0.15, 0.2) is 0 Å². The largest absolute Gasteiger partial charge is 1.00 e. The summed E-state index contributed by atoms with van der Waals surface area (Å²) in [6.07, 6.45) is 3.31. The zero-order chi connectivity index (χ0) is 4.12. The molecule has 0 aromatic rings. The van der Waals surface area contributed by atoms with Crippen LogP contribution >= 0.6 is 0 Å². The monoisotopic (exact) mass is 94.0 g/mol. The molecule has 0 aromatic heterocycles. The SMILES string of the molecule is C/C=C/C[O-].[Na+]. The van der Waals surface area contributed by atoms with Crippen LogP contribution in [0.25, 0.3) is 0 Å². The van der Waals surface area contributed by atoms with Gasteiger partial charge in [-0.25, -0.2) is 0 Å². The Morgan fingerprint density at radius 3 is 2.17 bits per heavy atom. The molecule has 0 aromatic carbocycles. The molecular formula is C4H7NaO. The molecule has 0 saturated carbocycles. The van der Waals surface area contributed by atoms with Crippen molar-refractivity contribution in [3.63, 3.8) is 0 Å². The van der Waals surface area contributed by atoms with Gasteiger partial charge in [0.1, 0.15) is 0 Å². The van der Waals surface area contributed by atoms with Crippen molar-refractivity contribution in [3.8, 4) is 0 Å². The molecule has 0 amide bonds. The summed E-state index contributed by atoms with van der Waals surface area (Å²) in [5, 5.41) is 9.44. The fourth-order valence-corrected chi connectivity index (χ4v) is 0.0962. The number of rotatable bonds is 1. The molecule has 0 bridgehead atoms. The van der Waals surface area contributed by atoms with Crippen LogP contribution in [-0.2, 0) is 0 Å². The fourth-order valence-electron chi connectivity index (χ4n) is 0.0962. The smallest absolute Gasteiger partial charge is 0.851 e. The van der Waals surface area contributed by atoms with Gasteiger partial charge in [0.05, 0.1) is 0 Å². The Kier molecular flexibility index (Phi) is 15.1. The Morgan fingerprint density at radius 2 is 2.17 bits per heavy atom. The van der Waals surface area contributed by atoms with E-state index in [-0.39, 0.29) is 36.2 Å². The molecule has 0 aliphatic carbocycles. The van der Waals surface area contributed by atoms with E-state index >= 15 is 0 Å². The summed E-state index contributed by atoms with van der Waals surface area (Å²) in [6, 6.07) is 0. The molecule has 2 heteroatoms. The molecule has 0 rings (SSSR count). The summed E-state index contributed by atoms with van der Waals surface area (Å²) in [6.45, 7) is 1.74. The van der Waals surface area contributed by atoms with Crippen molar-refractivity contribution in [2.75, 3.05) is 6.61 Å². The van der Waals surface area contributed by atoms with E-state index in [4.69, 9.17) is 0 Å². The normalized spacial score (nSPS) is 8.33. The molecule has 0 saturated heterocycles. The molecule has 0 unspecified atom stereocenters. The van der Waals surface area contributed by atoms with Crippen molar-refractivity contribution in [1.29, 1.82) is 0 Å². The van der Waals surface area contributed by atoms with E-state index in [1.165, 1.54) is 0 Å². The third-order valence-electron chi connectivity index (χ3n) is 0.332. The summed E-state index contributed by atoms with van der Waals surface area (Å²) in [7, 11) is 0. The van der Waals surface area contributed by atoms with Crippen molar-refractivity contribution in [2.24, 2.45) is 0 Å². The number of allylic oxidation sites excluding steroid dienone is 1. The maximum absolute atomic E-state index is 9.44. The van der Waals surface area contributed by atoms with Crippen LogP contribution in [0.4, 0.5) is 0 Å². The van der Waals surface area contributed by atoms with Crippen molar-refractivity contribution in [2.45, 2.75) is 6.92 Å². The Balaban J connectivity index is 0. The molecule has 6 heavy (non-hydrogen) atoms. The molecule has 0 aliphatic heterocycles. The van der Waals surface area contributed by atoms with Crippen LogP contribution in [-0.4, -0.2) is 6.61 Å². The maximum atomic E-state index is 9.44. The molecule has 0 N–H and O–H groups in total. The summed E-state index contributed by atoms with van der Waals surface area (Å²) in [5.41, 5.74) is 0. The molecule has 0 atom stereocenters. The van der Waals surface area contributed by atoms with E-state index in [1.807, 2.05) is 6.92 Å². The van der Waals surface area contributed by atoms with E-state index in [0.29, 0.717) is 0 Å². The number of hydrogen-bond acceptors (Lipinski definition) is 1. The van der Waals surface area contributed by atoms with Gasteiger partial charge in [-0.05, 0) is 6.92 Å². The average Bonchev–Trinajstić information content (AvgIpc) is 1.41. The van der Waals surface area contributed by atoms with Crippen LogP contribution in [0.2, 0.25) is 0 Å². The number of hydrogen-bond donors (Lipinski definition) is 0. The van der Waals surface area contributed by atoms with Crippen molar-refractivity contribution >= 4 is 0 Å². The van der Waals surface area contributed by atoms with Gasteiger partial charge in [0.2, 0.25) is 0 Å². The van der Waals surface area contributed by atoms with E-state index in [2.05, 4.69) is 0 Å². The van der Waals surface area contributed by atoms with Crippen LogP contribution in [0.1, 0.15) is 6.92 Å². The second-order valence-electron chi connectivity index (χ2n) is 0.736. The molecule has 1 nitrogen and oxygen atoms in total. The van der Waals surface area contributed by atoms with Gasteiger partial charge in [-0.2, -0.15) is 0 Å². The Hall–Kier alpha value is 0.700. The first-order valence-electron chi connectivity index (χ1n) is 1.61. The average molecular weight is 94.1 g/mol. The Bertz CT molecular complexity index is 34.5. The molecule has 0 aliphatic rings. The predicted octanol–water partition coefficient (Wildman–Crippen LogP) is -3.07. The Labute approximate surface area is 60.4 Å². The molecule has 0 radical (unpaired) electrons. The van der Waals surface area contributed by atoms with E-state index in [9.17, 15) is 5.11 Å². The minimum atomic E-state index is -0.0868. The maximum Gasteiger partial charge on any atom is 1.00 e. The first-order valence-corrected chi connectivity index (χ1v) is 1.61. The third kappa shape index (κ3) is 8.83. The Morgan fingerprint density at radius 1 is 1.67 bits per heavy atom. The van der Waals surface area contributed by atoms with Gasteiger partial charge in [-0.15, -0.1) is 12.7 Å². The standard InChI is InChI=1S/C4H7O.Na/c1-2-3-4-5;/h2-3H,4H2,1H3;/q-1;+1/b3-2+;. The van der Waals surface area contributed by atoms with E-state index in [0.717, 1.165) is 0 Å². The molecule has 0 heterocycles. The second-order valence-corrected chi connectivity index (χ2v) is 0.736. The van der Waals surface area contributed by atoms with Crippen molar-refractivity contribution < 1.29 is 34.7 Å². The summed E-state index contributed by atoms with van der Waals surface area (Å²) >= 11 is 0. The van der Waals surface area contributed by atoms with Gasteiger partial charge in [-0.3, -0.25) is 0 Å². The topological polar surface area (TPSA) is 23.1 Å². The molecule has 30 valence electrons. The quantitative estimate of drug-likeness (QED) is 0.250. The van der Waals surface area contributed by atoms with Crippen LogP contribution < -0.4 is 34.7 Å². The third-order valence-corrected chi connectivity index (χ3v) is 0.332. The van der Waals surface area contributed by atoms with Crippen LogP contribution in [0.15, 0.2) is 12.2 Å². The van der Waals surface area contributed by atoms with Gasteiger partial charge < -0.3 is 5.11 Å².